The summed E-state index contributed by atoms with van der Waals surface area (Å²) in [6, 6.07) is 10.8. The third-order valence-electron chi connectivity index (χ3n) is 5.29. The minimum absolute atomic E-state index is 0.298. The van der Waals surface area contributed by atoms with Gasteiger partial charge in [-0.3, -0.25) is 14.4 Å². The fraction of sp³-hybridized carbons (Fsp3) is 0.292. The van der Waals surface area contributed by atoms with Crippen LogP contribution in [0.3, 0.4) is 0 Å². The van der Waals surface area contributed by atoms with Crippen molar-refractivity contribution in [1.29, 1.82) is 0 Å². The van der Waals surface area contributed by atoms with Gasteiger partial charge in [0, 0.05) is 22.5 Å². The van der Waals surface area contributed by atoms with Gasteiger partial charge in [-0.25, -0.2) is 0 Å². The quantitative estimate of drug-likeness (QED) is 0.443. The number of rotatable bonds is 8. The van der Waals surface area contributed by atoms with Crippen molar-refractivity contribution in [2.24, 2.45) is 0 Å². The smallest absolute Gasteiger partial charge is 0.325 e. The lowest BCUT2D eigenvalue weighted by Crippen LogP contribution is -2.31. The third kappa shape index (κ3) is 5.31. The Morgan fingerprint density at radius 2 is 1.81 bits per heavy atom. The van der Waals surface area contributed by atoms with Crippen LogP contribution >= 0.6 is 0 Å². The summed E-state index contributed by atoms with van der Waals surface area (Å²) in [7, 11) is 0. The number of aryl methyl sites for hydroxylation is 3. The number of benzene rings is 1. The van der Waals surface area contributed by atoms with Crippen molar-refractivity contribution in [2.45, 2.75) is 34.2 Å². The molecule has 0 unspecified atom stereocenters. The lowest BCUT2D eigenvalue weighted by Gasteiger charge is -2.09. The van der Waals surface area contributed by atoms with Gasteiger partial charge in [0.25, 0.3) is 5.91 Å². The van der Waals surface area contributed by atoms with E-state index in [1.807, 2.05) is 50.5 Å². The van der Waals surface area contributed by atoms with E-state index in [-0.39, 0.29) is 24.8 Å². The van der Waals surface area contributed by atoms with E-state index in [1.165, 1.54) is 0 Å². The van der Waals surface area contributed by atoms with Gasteiger partial charge >= 0.3 is 5.97 Å². The molecular formula is C24H26N2O5. The van der Waals surface area contributed by atoms with Gasteiger partial charge in [0.2, 0.25) is 5.78 Å². The Bertz CT molecular complexity index is 1110. The average molecular weight is 422 g/mol. The first-order valence-electron chi connectivity index (χ1n) is 9.99. The van der Waals surface area contributed by atoms with Gasteiger partial charge in [0.1, 0.15) is 12.3 Å². The largest absolute Gasteiger partial charge is 0.467 e. The highest BCUT2D eigenvalue weighted by atomic mass is 16.5. The van der Waals surface area contributed by atoms with Crippen molar-refractivity contribution in [3.05, 3.63) is 82.1 Å². The van der Waals surface area contributed by atoms with E-state index in [0.717, 1.165) is 28.3 Å². The number of carbonyl (C=O) groups is 3. The zero-order valence-corrected chi connectivity index (χ0v) is 18.2. The van der Waals surface area contributed by atoms with E-state index in [0.29, 0.717) is 17.7 Å². The maximum absolute atomic E-state index is 12.6. The molecule has 0 atom stereocenters. The molecule has 162 valence electrons. The molecule has 7 nitrogen and oxygen atoms in total. The molecule has 1 N–H and O–H groups in total. The van der Waals surface area contributed by atoms with Crippen LogP contribution in [0.15, 0.2) is 47.1 Å². The minimum Gasteiger partial charge on any atom is -0.467 e. The van der Waals surface area contributed by atoms with Crippen LogP contribution in [0.2, 0.25) is 0 Å². The van der Waals surface area contributed by atoms with E-state index >= 15 is 0 Å². The van der Waals surface area contributed by atoms with Crippen LogP contribution in [0.25, 0.3) is 0 Å². The molecule has 7 heteroatoms. The molecule has 0 saturated heterocycles. The van der Waals surface area contributed by atoms with Crippen molar-refractivity contribution in [2.75, 3.05) is 13.2 Å². The first-order chi connectivity index (χ1) is 14.8. The summed E-state index contributed by atoms with van der Waals surface area (Å²) < 4.78 is 12.4. The number of nitrogens with one attached hydrogen (secondary N) is 1. The highest BCUT2D eigenvalue weighted by Crippen LogP contribution is 2.18. The monoisotopic (exact) mass is 422 g/mol. The molecule has 31 heavy (non-hydrogen) atoms. The number of furan rings is 1. The molecule has 2 aromatic heterocycles. The molecule has 0 fully saturated rings. The molecule has 0 saturated carbocycles. The number of hydrogen-bond donors (Lipinski definition) is 1. The summed E-state index contributed by atoms with van der Waals surface area (Å²) in [5.74, 6) is -0.554. The summed E-state index contributed by atoms with van der Waals surface area (Å²) in [6.07, 6.45) is 1.60. The summed E-state index contributed by atoms with van der Waals surface area (Å²) in [5.41, 5.74) is 4.72. The Morgan fingerprint density at radius 1 is 1.03 bits per heavy atom. The lowest BCUT2D eigenvalue weighted by atomic mass is 10.1. The molecule has 0 aliphatic rings. The SMILES string of the molecule is Cc1ccc(C(=O)NCC(=O)OCC(=O)c2cc(C)n(Cc3ccco3)c2C)cc1C. The number of esters is 1. The Morgan fingerprint density at radius 3 is 2.48 bits per heavy atom. The van der Waals surface area contributed by atoms with E-state index in [1.54, 1.807) is 24.5 Å². The van der Waals surface area contributed by atoms with Crippen LogP contribution in [-0.2, 0) is 16.1 Å². The molecule has 0 aliphatic heterocycles. The number of aromatic nitrogens is 1. The van der Waals surface area contributed by atoms with E-state index in [2.05, 4.69) is 5.32 Å². The zero-order valence-electron chi connectivity index (χ0n) is 18.2. The van der Waals surface area contributed by atoms with Crippen LogP contribution in [-0.4, -0.2) is 35.4 Å². The second kappa shape index (κ2) is 9.47. The van der Waals surface area contributed by atoms with Gasteiger partial charge in [0.15, 0.2) is 6.61 Å². The van der Waals surface area contributed by atoms with E-state index in [9.17, 15) is 14.4 Å². The number of amides is 1. The van der Waals surface area contributed by atoms with Gasteiger partial charge in [0.05, 0.1) is 12.8 Å². The molecule has 1 aromatic carbocycles. The predicted molar refractivity (Wildman–Crippen MR) is 115 cm³/mol. The van der Waals surface area contributed by atoms with E-state index < -0.39 is 5.97 Å². The third-order valence-corrected chi connectivity index (χ3v) is 5.29. The zero-order chi connectivity index (χ0) is 22.5. The average Bonchev–Trinajstić information content (AvgIpc) is 3.36. The Hall–Kier alpha value is -3.61. The summed E-state index contributed by atoms with van der Waals surface area (Å²) >= 11 is 0. The molecule has 0 spiro atoms. The van der Waals surface area contributed by atoms with Gasteiger partial charge in [-0.2, -0.15) is 0 Å². The van der Waals surface area contributed by atoms with Gasteiger partial charge in [-0.05, 0) is 69.2 Å². The fourth-order valence-corrected chi connectivity index (χ4v) is 3.30. The van der Waals surface area contributed by atoms with Gasteiger partial charge < -0.3 is 19.0 Å². The van der Waals surface area contributed by atoms with Gasteiger partial charge in [-0.1, -0.05) is 6.07 Å². The van der Waals surface area contributed by atoms with Crippen LogP contribution in [0.5, 0.6) is 0 Å². The second-order valence-corrected chi connectivity index (χ2v) is 7.52. The molecule has 3 rings (SSSR count). The maximum atomic E-state index is 12.6. The molecule has 3 aromatic rings. The topological polar surface area (TPSA) is 90.5 Å². The van der Waals surface area contributed by atoms with E-state index in [4.69, 9.17) is 9.15 Å². The fourth-order valence-electron chi connectivity index (χ4n) is 3.30. The number of Topliss-reactive ketones (excluding diaryl/α,β-unsaturated/α-hetero) is 1. The lowest BCUT2D eigenvalue weighted by molar-refractivity contribution is -0.141. The molecule has 2 heterocycles. The van der Waals surface area contributed by atoms with Crippen molar-refractivity contribution >= 4 is 17.7 Å². The van der Waals surface area contributed by atoms with Crippen LogP contribution in [0.1, 0.15) is 49.0 Å². The van der Waals surface area contributed by atoms with Crippen LogP contribution < -0.4 is 5.32 Å². The maximum Gasteiger partial charge on any atom is 0.325 e. The molecule has 1 amide bonds. The second-order valence-electron chi connectivity index (χ2n) is 7.52. The summed E-state index contributed by atoms with van der Waals surface area (Å²) in [4.78, 5) is 36.8. The Kier molecular flexibility index (Phi) is 6.74. The molecule has 0 aliphatic carbocycles. The number of hydrogen-bond acceptors (Lipinski definition) is 5. The number of carbonyl (C=O) groups excluding carboxylic acids is 3. The van der Waals surface area contributed by atoms with Crippen molar-refractivity contribution in [1.82, 2.24) is 9.88 Å². The minimum atomic E-state index is -0.671. The number of ether oxygens (including phenoxy) is 1. The first kappa shape index (κ1) is 22.1. The van der Waals surface area contributed by atoms with Crippen molar-refractivity contribution in [3.8, 4) is 0 Å². The van der Waals surface area contributed by atoms with Crippen molar-refractivity contribution in [3.63, 3.8) is 0 Å². The number of ketones is 1. The Balaban J connectivity index is 1.52. The normalized spacial score (nSPS) is 10.7. The van der Waals surface area contributed by atoms with Gasteiger partial charge in [-0.15, -0.1) is 0 Å². The first-order valence-corrected chi connectivity index (χ1v) is 9.99. The number of nitrogens with zero attached hydrogens (tertiary/aromatic N) is 1. The molecule has 0 bridgehead atoms. The standard InChI is InChI=1S/C24H26N2O5/c1-15-7-8-19(10-16(15)2)24(29)25-12-23(28)31-14-22(27)21-11-17(3)26(18(21)4)13-20-6-5-9-30-20/h5-11H,12-14H2,1-4H3,(H,25,29). The predicted octanol–water partition coefficient (Wildman–Crippen LogP) is 3.52. The van der Waals surface area contributed by atoms with Crippen LogP contribution in [0.4, 0.5) is 0 Å². The summed E-state index contributed by atoms with van der Waals surface area (Å²) in [6.45, 7) is 7.44. The summed E-state index contributed by atoms with van der Waals surface area (Å²) in [5, 5.41) is 2.52. The highest BCUT2D eigenvalue weighted by molar-refractivity contribution is 6.00. The van der Waals surface area contributed by atoms with Crippen LogP contribution in [0, 0.1) is 27.7 Å². The highest BCUT2D eigenvalue weighted by Gasteiger charge is 2.18. The van der Waals surface area contributed by atoms with Crippen molar-refractivity contribution < 1.29 is 23.5 Å². The Labute approximate surface area is 181 Å². The molecular weight excluding hydrogens is 396 g/mol. The molecule has 0 radical (unpaired) electrons.